The van der Waals surface area contributed by atoms with Gasteiger partial charge in [-0.2, -0.15) is 0 Å². The van der Waals surface area contributed by atoms with Crippen LogP contribution >= 0.6 is 11.6 Å². The summed E-state index contributed by atoms with van der Waals surface area (Å²) in [7, 11) is 0. The number of amides is 2. The lowest BCUT2D eigenvalue weighted by molar-refractivity contribution is 0.101. The number of nitrogens with one attached hydrogen (secondary N) is 2. The van der Waals surface area contributed by atoms with E-state index in [1.54, 1.807) is 42.5 Å². The molecule has 2 unspecified atom stereocenters. The fourth-order valence-corrected chi connectivity index (χ4v) is 6.32. The van der Waals surface area contributed by atoms with Crippen LogP contribution in [0.3, 0.4) is 0 Å². The molecule has 3 aromatic carbocycles. The maximum atomic E-state index is 13.5. The molecular formula is C35H35ClN4O3. The van der Waals surface area contributed by atoms with E-state index < -0.39 is 0 Å². The van der Waals surface area contributed by atoms with Crippen molar-refractivity contribution in [2.24, 2.45) is 5.92 Å². The number of aromatic nitrogens is 1. The molecule has 43 heavy (non-hydrogen) atoms. The molecule has 6 rings (SSSR count). The second-order valence-corrected chi connectivity index (χ2v) is 13.0. The highest BCUT2D eigenvalue weighted by Gasteiger charge is 2.35. The average molecular weight is 595 g/mol. The van der Waals surface area contributed by atoms with Crippen molar-refractivity contribution >= 4 is 40.5 Å². The molecular weight excluding hydrogens is 560 g/mol. The molecule has 2 aliphatic rings. The summed E-state index contributed by atoms with van der Waals surface area (Å²) in [6.45, 7) is 8.54. The number of carbonyl (C=O) groups excluding carboxylic acids is 2. The first-order chi connectivity index (χ1) is 20.5. The molecule has 2 atom stereocenters. The number of anilines is 3. The number of nitrogens with zero attached hydrogens (tertiary/aromatic N) is 2. The quantitative estimate of drug-likeness (QED) is 0.262. The summed E-state index contributed by atoms with van der Waals surface area (Å²) in [4.78, 5) is 41.6. The molecule has 0 saturated carbocycles. The van der Waals surface area contributed by atoms with Crippen LogP contribution in [0, 0.1) is 5.92 Å². The third kappa shape index (κ3) is 6.09. The number of halogens is 1. The molecule has 2 aliphatic heterocycles. The van der Waals surface area contributed by atoms with Crippen LogP contribution in [0.15, 0.2) is 89.7 Å². The van der Waals surface area contributed by atoms with Gasteiger partial charge in [-0.05, 0) is 84.0 Å². The number of hydrogen-bond donors (Lipinski definition) is 2. The molecule has 3 heterocycles. The van der Waals surface area contributed by atoms with E-state index in [4.69, 9.17) is 11.6 Å². The third-order valence-corrected chi connectivity index (χ3v) is 8.69. The Bertz CT molecular complexity index is 1740. The summed E-state index contributed by atoms with van der Waals surface area (Å²) < 4.78 is 1.91. The van der Waals surface area contributed by atoms with Crippen molar-refractivity contribution in [3.05, 3.63) is 123 Å². The summed E-state index contributed by atoms with van der Waals surface area (Å²) in [6.07, 6.45) is 1.02. The fraction of sp³-hybridized carbons (Fsp3) is 0.286. The normalized spacial score (nSPS) is 17.6. The molecule has 1 aromatic heterocycles. The minimum absolute atomic E-state index is 0.0238. The fourth-order valence-electron chi connectivity index (χ4n) is 6.20. The molecule has 2 N–H and O–H groups in total. The highest BCUT2D eigenvalue weighted by Crippen LogP contribution is 2.39. The van der Waals surface area contributed by atoms with Gasteiger partial charge in [0.05, 0.1) is 11.4 Å². The van der Waals surface area contributed by atoms with E-state index in [9.17, 15) is 14.4 Å². The first-order valence-corrected chi connectivity index (χ1v) is 15.0. The Balaban J connectivity index is 1.31. The summed E-state index contributed by atoms with van der Waals surface area (Å²) in [5.74, 6) is -0.0377. The summed E-state index contributed by atoms with van der Waals surface area (Å²) in [5, 5.41) is 6.60. The van der Waals surface area contributed by atoms with Crippen LogP contribution in [0.4, 0.5) is 17.1 Å². The van der Waals surface area contributed by atoms with Crippen LogP contribution in [0.25, 0.3) is 0 Å². The average Bonchev–Trinajstić information content (AvgIpc) is 2.98. The molecule has 0 aliphatic carbocycles. The molecule has 7 nitrogen and oxygen atoms in total. The number of hydrogen-bond acceptors (Lipinski definition) is 4. The molecule has 1 fully saturated rings. The van der Waals surface area contributed by atoms with Gasteiger partial charge in [0.1, 0.15) is 0 Å². The van der Waals surface area contributed by atoms with Crippen molar-refractivity contribution in [3.8, 4) is 0 Å². The van der Waals surface area contributed by atoms with Gasteiger partial charge < -0.3 is 20.1 Å². The second-order valence-electron chi connectivity index (χ2n) is 12.6. The zero-order chi connectivity index (χ0) is 30.3. The predicted molar refractivity (Wildman–Crippen MR) is 173 cm³/mol. The highest BCUT2D eigenvalue weighted by atomic mass is 35.5. The Kier molecular flexibility index (Phi) is 7.61. The number of carbonyl (C=O) groups is 2. The maximum Gasteiger partial charge on any atom is 0.255 e. The molecule has 0 radical (unpaired) electrons. The Hall–Kier alpha value is -4.36. The summed E-state index contributed by atoms with van der Waals surface area (Å²) in [6, 6.07) is 25.5. The molecule has 2 bridgehead atoms. The molecule has 2 amide bonds. The molecule has 220 valence electrons. The van der Waals surface area contributed by atoms with E-state index in [0.29, 0.717) is 46.5 Å². The van der Waals surface area contributed by atoms with Crippen molar-refractivity contribution in [2.45, 2.75) is 45.1 Å². The maximum absolute atomic E-state index is 13.5. The van der Waals surface area contributed by atoms with Gasteiger partial charge in [-0.1, -0.05) is 50.6 Å². The number of piperidine rings is 1. The molecule has 0 spiro atoms. The Morgan fingerprint density at radius 1 is 0.814 bits per heavy atom. The highest BCUT2D eigenvalue weighted by molar-refractivity contribution is 6.30. The van der Waals surface area contributed by atoms with E-state index in [0.717, 1.165) is 29.9 Å². The van der Waals surface area contributed by atoms with Gasteiger partial charge in [-0.25, -0.2) is 0 Å². The standard InChI is InChI=1S/C35H35ClN4O3/c1-35(2,3)26-10-7-23(8-11-26)33(42)38-29-18-24(34(43)37-28-14-12-27(36)13-15-28)9-16-31(29)39-19-22-17-25(21-39)30-5-4-6-32(41)40(30)20-22/h4-16,18,22,25H,17,19-21H2,1-3H3,(H,37,43)(H,38,42). The first kappa shape index (κ1) is 28.7. The van der Waals surface area contributed by atoms with E-state index in [2.05, 4.69) is 36.3 Å². The number of rotatable bonds is 5. The monoisotopic (exact) mass is 594 g/mol. The number of fused-ring (bicyclic) bond motifs is 4. The zero-order valence-corrected chi connectivity index (χ0v) is 25.3. The lowest BCUT2D eigenvalue weighted by Gasteiger charge is -2.44. The zero-order valence-electron chi connectivity index (χ0n) is 24.6. The van der Waals surface area contributed by atoms with Gasteiger partial charge in [0.25, 0.3) is 17.4 Å². The van der Waals surface area contributed by atoms with Gasteiger partial charge in [-0.3, -0.25) is 14.4 Å². The summed E-state index contributed by atoms with van der Waals surface area (Å²) in [5.41, 5.74) is 5.22. The Morgan fingerprint density at radius 2 is 1.51 bits per heavy atom. The van der Waals surface area contributed by atoms with Crippen molar-refractivity contribution in [1.82, 2.24) is 4.57 Å². The van der Waals surface area contributed by atoms with Crippen molar-refractivity contribution in [3.63, 3.8) is 0 Å². The molecule has 4 aromatic rings. The van der Waals surface area contributed by atoms with Gasteiger partial charge in [0.15, 0.2) is 0 Å². The van der Waals surface area contributed by atoms with Crippen LogP contribution in [0.1, 0.15) is 65.1 Å². The van der Waals surface area contributed by atoms with E-state index >= 15 is 0 Å². The number of benzene rings is 3. The SMILES string of the molecule is CC(C)(C)c1ccc(C(=O)Nc2cc(C(=O)Nc3ccc(Cl)cc3)ccc2N2CC3CC(C2)c2cccc(=O)n2C3)cc1. The van der Waals surface area contributed by atoms with Crippen molar-refractivity contribution in [1.29, 1.82) is 0 Å². The van der Waals surface area contributed by atoms with Crippen LogP contribution in [-0.2, 0) is 12.0 Å². The van der Waals surface area contributed by atoms with Crippen LogP contribution < -0.4 is 21.1 Å². The van der Waals surface area contributed by atoms with E-state index in [1.165, 1.54) is 0 Å². The van der Waals surface area contributed by atoms with Crippen molar-refractivity contribution in [2.75, 3.05) is 28.6 Å². The first-order valence-electron chi connectivity index (χ1n) is 14.6. The lowest BCUT2D eigenvalue weighted by atomic mass is 9.83. The van der Waals surface area contributed by atoms with Gasteiger partial charge in [-0.15, -0.1) is 0 Å². The van der Waals surface area contributed by atoms with Crippen LogP contribution in [-0.4, -0.2) is 29.5 Å². The largest absolute Gasteiger partial charge is 0.369 e. The van der Waals surface area contributed by atoms with Crippen molar-refractivity contribution < 1.29 is 9.59 Å². The number of pyridine rings is 1. The van der Waals surface area contributed by atoms with E-state index in [-0.39, 0.29) is 28.7 Å². The predicted octanol–water partition coefficient (Wildman–Crippen LogP) is 6.93. The third-order valence-electron chi connectivity index (χ3n) is 8.44. The molecule has 1 saturated heterocycles. The van der Waals surface area contributed by atoms with Gasteiger partial charge >= 0.3 is 0 Å². The van der Waals surface area contributed by atoms with Crippen LogP contribution in [0.2, 0.25) is 5.02 Å². The Labute approximate surface area is 256 Å². The summed E-state index contributed by atoms with van der Waals surface area (Å²) >= 11 is 6.00. The topological polar surface area (TPSA) is 83.4 Å². The Morgan fingerprint density at radius 3 is 2.23 bits per heavy atom. The minimum Gasteiger partial charge on any atom is -0.369 e. The van der Waals surface area contributed by atoms with Gasteiger partial charge in [0.2, 0.25) is 0 Å². The van der Waals surface area contributed by atoms with E-state index in [1.807, 2.05) is 47.0 Å². The molecule has 8 heteroatoms. The van der Waals surface area contributed by atoms with Crippen LogP contribution in [0.5, 0.6) is 0 Å². The second kappa shape index (κ2) is 11.4. The minimum atomic E-state index is -0.289. The smallest absolute Gasteiger partial charge is 0.255 e. The lowest BCUT2D eigenvalue weighted by Crippen LogP contribution is -2.47. The van der Waals surface area contributed by atoms with Gasteiger partial charge in [0, 0.05) is 59.1 Å².